The number of para-hydroxylation sites is 1. The quantitative estimate of drug-likeness (QED) is 0.186. The summed E-state index contributed by atoms with van der Waals surface area (Å²) in [5.41, 5.74) is 6.09. The zero-order chi connectivity index (χ0) is 25.0. The zero-order valence-corrected chi connectivity index (χ0v) is 20.8. The van der Waals surface area contributed by atoms with Crippen LogP contribution in [0.4, 0.5) is 11.4 Å². The predicted octanol–water partition coefficient (Wildman–Crippen LogP) is 6.64. The van der Waals surface area contributed by atoms with Crippen LogP contribution in [0.15, 0.2) is 72.8 Å². The number of amides is 1. The van der Waals surface area contributed by atoms with Gasteiger partial charge in [0, 0.05) is 29.9 Å². The van der Waals surface area contributed by atoms with Crippen LogP contribution < -0.4 is 10.6 Å². The molecule has 0 unspecified atom stereocenters. The molecule has 0 saturated carbocycles. The van der Waals surface area contributed by atoms with Gasteiger partial charge in [-0.2, -0.15) is 5.21 Å². The third-order valence-corrected chi connectivity index (χ3v) is 6.18. The lowest BCUT2D eigenvalue weighted by Gasteiger charge is -2.11. The Morgan fingerprint density at radius 2 is 1.67 bits per heavy atom. The minimum absolute atomic E-state index is 0.132. The van der Waals surface area contributed by atoms with Crippen LogP contribution in [-0.2, 0) is 11.3 Å². The highest BCUT2D eigenvalue weighted by Crippen LogP contribution is 2.29. The van der Waals surface area contributed by atoms with Gasteiger partial charge in [-0.05, 0) is 58.7 Å². The summed E-state index contributed by atoms with van der Waals surface area (Å²) in [6, 6.07) is 24.5. The van der Waals surface area contributed by atoms with Gasteiger partial charge < -0.3 is 10.6 Å². The topological polar surface area (TPSA) is 95.6 Å². The van der Waals surface area contributed by atoms with Gasteiger partial charge in [-0.15, -0.1) is 10.2 Å². The molecule has 186 valence electrons. The molecule has 0 saturated heterocycles. The molecule has 0 bridgehead atoms. The molecule has 36 heavy (non-hydrogen) atoms. The Hall–Kier alpha value is -4.00. The summed E-state index contributed by atoms with van der Waals surface area (Å²) < 4.78 is 0. The predicted molar refractivity (Wildman–Crippen MR) is 145 cm³/mol. The van der Waals surface area contributed by atoms with E-state index in [0.717, 1.165) is 46.5 Å². The highest BCUT2D eigenvalue weighted by molar-refractivity contribution is 5.78. The van der Waals surface area contributed by atoms with Gasteiger partial charge >= 0.3 is 0 Å². The number of H-pyrrole nitrogens is 1. The molecule has 1 aromatic heterocycles. The van der Waals surface area contributed by atoms with Crippen LogP contribution in [0.25, 0.3) is 22.5 Å². The van der Waals surface area contributed by atoms with Crippen molar-refractivity contribution in [2.45, 2.75) is 58.4 Å². The number of benzene rings is 3. The molecule has 0 atom stereocenters. The highest BCUT2D eigenvalue weighted by atomic mass is 16.1. The van der Waals surface area contributed by atoms with Crippen molar-refractivity contribution in [1.29, 1.82) is 0 Å². The van der Waals surface area contributed by atoms with Crippen molar-refractivity contribution in [3.05, 3.63) is 78.4 Å². The number of hydrogen-bond acceptors (Lipinski definition) is 5. The Kier molecular flexibility index (Phi) is 9.19. The highest BCUT2D eigenvalue weighted by Gasteiger charge is 2.09. The Bertz CT molecular complexity index is 1220. The summed E-state index contributed by atoms with van der Waals surface area (Å²) in [7, 11) is 0. The molecule has 3 aromatic carbocycles. The largest absolute Gasteiger partial charge is 0.355 e. The number of aromatic amines is 1. The van der Waals surface area contributed by atoms with Gasteiger partial charge in [0.15, 0.2) is 0 Å². The number of anilines is 2. The van der Waals surface area contributed by atoms with E-state index in [0.29, 0.717) is 18.8 Å². The number of aromatic nitrogens is 4. The summed E-state index contributed by atoms with van der Waals surface area (Å²) in [5.74, 6) is 0.679. The van der Waals surface area contributed by atoms with Gasteiger partial charge in [-0.25, -0.2) is 0 Å². The van der Waals surface area contributed by atoms with Crippen molar-refractivity contribution in [3.8, 4) is 22.5 Å². The van der Waals surface area contributed by atoms with Crippen LogP contribution in [0, 0.1) is 0 Å². The molecule has 0 aliphatic carbocycles. The Morgan fingerprint density at radius 1 is 0.861 bits per heavy atom. The van der Waals surface area contributed by atoms with Crippen LogP contribution in [-0.4, -0.2) is 26.5 Å². The summed E-state index contributed by atoms with van der Waals surface area (Å²) in [6.45, 7) is 2.77. The minimum atomic E-state index is 0.132. The number of carbonyl (C=O) groups excluding carboxylic acids is 1. The average Bonchev–Trinajstić information content (AvgIpc) is 3.45. The average molecular weight is 483 g/mol. The smallest absolute Gasteiger partial charge is 0.220 e. The lowest BCUT2D eigenvalue weighted by atomic mass is 10.0. The summed E-state index contributed by atoms with van der Waals surface area (Å²) >= 11 is 0. The second kappa shape index (κ2) is 13.2. The van der Waals surface area contributed by atoms with E-state index in [1.807, 2.05) is 30.3 Å². The van der Waals surface area contributed by atoms with Crippen LogP contribution in [0.2, 0.25) is 0 Å². The second-order valence-electron chi connectivity index (χ2n) is 8.98. The zero-order valence-electron chi connectivity index (χ0n) is 20.8. The normalized spacial score (nSPS) is 10.8. The molecule has 0 spiro atoms. The minimum Gasteiger partial charge on any atom is -0.355 e. The molecule has 4 rings (SSSR count). The SMILES string of the molecule is CCCCCCCCC(=O)NCc1cccc(-c2ccc(Nc3ccccc3-c3nn[nH]n3)cc2)c1. The third-order valence-electron chi connectivity index (χ3n) is 6.18. The Balaban J connectivity index is 1.31. The van der Waals surface area contributed by atoms with Gasteiger partial charge in [0.05, 0.1) is 0 Å². The summed E-state index contributed by atoms with van der Waals surface area (Å²) in [6.07, 6.45) is 7.75. The van der Waals surface area contributed by atoms with Crippen LogP contribution in [0.3, 0.4) is 0 Å². The third kappa shape index (κ3) is 7.25. The van der Waals surface area contributed by atoms with E-state index < -0.39 is 0 Å². The maximum atomic E-state index is 12.2. The Labute approximate surface area is 212 Å². The molecule has 0 fully saturated rings. The van der Waals surface area contributed by atoms with E-state index >= 15 is 0 Å². The van der Waals surface area contributed by atoms with Crippen molar-refractivity contribution >= 4 is 17.3 Å². The molecular formula is C29H34N6O. The van der Waals surface area contributed by atoms with Crippen LogP contribution >= 0.6 is 0 Å². The molecule has 7 heteroatoms. The van der Waals surface area contributed by atoms with Gasteiger partial charge in [0.25, 0.3) is 0 Å². The summed E-state index contributed by atoms with van der Waals surface area (Å²) in [4.78, 5) is 12.2. The van der Waals surface area contributed by atoms with E-state index in [2.05, 4.69) is 80.6 Å². The first-order chi connectivity index (χ1) is 17.7. The molecule has 0 aliphatic heterocycles. The maximum Gasteiger partial charge on any atom is 0.220 e. The van der Waals surface area contributed by atoms with E-state index in [9.17, 15) is 4.79 Å². The fourth-order valence-electron chi connectivity index (χ4n) is 4.18. The van der Waals surface area contributed by atoms with E-state index in [-0.39, 0.29) is 5.91 Å². The first-order valence-electron chi connectivity index (χ1n) is 12.8. The van der Waals surface area contributed by atoms with Crippen molar-refractivity contribution in [1.82, 2.24) is 25.9 Å². The van der Waals surface area contributed by atoms with E-state index in [4.69, 9.17) is 0 Å². The van der Waals surface area contributed by atoms with Crippen molar-refractivity contribution in [3.63, 3.8) is 0 Å². The lowest BCUT2D eigenvalue weighted by molar-refractivity contribution is -0.121. The lowest BCUT2D eigenvalue weighted by Crippen LogP contribution is -2.22. The second-order valence-corrected chi connectivity index (χ2v) is 8.98. The molecule has 1 heterocycles. The number of nitrogens with zero attached hydrogens (tertiary/aromatic N) is 3. The number of hydrogen-bond donors (Lipinski definition) is 3. The van der Waals surface area contributed by atoms with Gasteiger partial charge in [0.2, 0.25) is 11.7 Å². The summed E-state index contributed by atoms with van der Waals surface area (Å²) in [5, 5.41) is 20.9. The van der Waals surface area contributed by atoms with Gasteiger partial charge in [-0.3, -0.25) is 4.79 Å². The van der Waals surface area contributed by atoms with Gasteiger partial charge in [-0.1, -0.05) is 81.5 Å². The molecule has 3 N–H and O–H groups in total. The Morgan fingerprint density at radius 3 is 2.47 bits per heavy atom. The molecule has 0 aliphatic rings. The molecule has 0 radical (unpaired) electrons. The first kappa shape index (κ1) is 25.1. The van der Waals surface area contributed by atoms with Crippen LogP contribution in [0.5, 0.6) is 0 Å². The molecular weight excluding hydrogens is 448 g/mol. The van der Waals surface area contributed by atoms with Gasteiger partial charge in [0.1, 0.15) is 0 Å². The van der Waals surface area contributed by atoms with Crippen molar-refractivity contribution in [2.24, 2.45) is 0 Å². The molecule has 4 aromatic rings. The van der Waals surface area contributed by atoms with Crippen LogP contribution in [0.1, 0.15) is 57.4 Å². The molecule has 1 amide bonds. The van der Waals surface area contributed by atoms with Crippen molar-refractivity contribution < 1.29 is 4.79 Å². The number of carbonyl (C=O) groups is 1. The van der Waals surface area contributed by atoms with Crippen molar-refractivity contribution in [2.75, 3.05) is 5.32 Å². The fraction of sp³-hybridized carbons (Fsp3) is 0.310. The monoisotopic (exact) mass is 482 g/mol. The number of unbranched alkanes of at least 4 members (excludes halogenated alkanes) is 5. The van der Waals surface area contributed by atoms with E-state index in [1.54, 1.807) is 0 Å². The maximum absolute atomic E-state index is 12.2. The molecule has 7 nitrogen and oxygen atoms in total. The standard InChI is InChI=1S/C29H34N6O/c1-2-3-4-5-6-7-15-28(36)30-21-22-11-10-12-24(20-22)23-16-18-25(19-17-23)31-27-14-9-8-13-26(27)29-32-34-35-33-29/h8-14,16-20,31H,2-7,15,21H2,1H3,(H,30,36)(H,32,33,34,35). The first-order valence-corrected chi connectivity index (χ1v) is 12.8. The number of nitrogens with one attached hydrogen (secondary N) is 3. The fourth-order valence-corrected chi connectivity index (χ4v) is 4.18. The number of tetrazole rings is 1. The number of rotatable bonds is 13. The van der Waals surface area contributed by atoms with E-state index in [1.165, 1.54) is 25.7 Å².